The molecule has 2 aromatic carbocycles. The minimum atomic E-state index is -0.0716. The van der Waals surface area contributed by atoms with E-state index in [-0.39, 0.29) is 5.91 Å². The highest BCUT2D eigenvalue weighted by Crippen LogP contribution is 2.23. The second-order valence-electron chi connectivity index (χ2n) is 6.44. The van der Waals surface area contributed by atoms with Gasteiger partial charge < -0.3 is 5.32 Å². The van der Waals surface area contributed by atoms with Gasteiger partial charge in [-0.2, -0.15) is 0 Å². The summed E-state index contributed by atoms with van der Waals surface area (Å²) < 4.78 is 0. The van der Waals surface area contributed by atoms with Gasteiger partial charge in [0, 0.05) is 24.0 Å². The molecular formula is C22H22N2O. The summed E-state index contributed by atoms with van der Waals surface area (Å²) in [6, 6.07) is 18.2. The van der Waals surface area contributed by atoms with E-state index < -0.39 is 0 Å². The molecule has 0 saturated heterocycles. The fourth-order valence-electron chi connectivity index (χ4n) is 2.71. The van der Waals surface area contributed by atoms with Crippen LogP contribution in [-0.4, -0.2) is 10.9 Å². The second-order valence-corrected chi connectivity index (χ2v) is 6.44. The van der Waals surface area contributed by atoms with Gasteiger partial charge in [0.15, 0.2) is 0 Å². The third kappa shape index (κ3) is 4.32. The first-order valence-corrected chi connectivity index (χ1v) is 8.40. The van der Waals surface area contributed by atoms with Crippen LogP contribution >= 0.6 is 0 Å². The number of carbonyl (C=O) groups excluding carboxylic acids is 1. The van der Waals surface area contributed by atoms with Crippen LogP contribution in [0.5, 0.6) is 0 Å². The van der Waals surface area contributed by atoms with E-state index in [9.17, 15) is 4.79 Å². The fourth-order valence-corrected chi connectivity index (χ4v) is 2.71. The molecule has 3 rings (SSSR count). The molecule has 0 atom stereocenters. The fraction of sp³-hybridized carbons (Fsp3) is 0.182. The first-order valence-electron chi connectivity index (χ1n) is 8.40. The molecule has 0 spiro atoms. The molecule has 1 amide bonds. The van der Waals surface area contributed by atoms with Crippen LogP contribution in [0.15, 0.2) is 60.8 Å². The molecule has 1 aromatic heterocycles. The van der Waals surface area contributed by atoms with E-state index >= 15 is 0 Å². The molecule has 0 saturated carbocycles. The molecule has 0 fully saturated rings. The van der Waals surface area contributed by atoms with Crippen molar-refractivity contribution < 1.29 is 4.79 Å². The van der Waals surface area contributed by atoms with Crippen molar-refractivity contribution >= 4 is 5.91 Å². The van der Waals surface area contributed by atoms with Crippen LogP contribution in [-0.2, 0) is 6.54 Å². The van der Waals surface area contributed by atoms with Crippen LogP contribution in [0, 0.1) is 20.8 Å². The Morgan fingerprint density at radius 1 is 0.880 bits per heavy atom. The van der Waals surface area contributed by atoms with Gasteiger partial charge in [-0.15, -0.1) is 0 Å². The number of nitrogens with one attached hydrogen (secondary N) is 1. The molecule has 0 aliphatic rings. The van der Waals surface area contributed by atoms with E-state index in [1.165, 1.54) is 5.56 Å². The van der Waals surface area contributed by atoms with Crippen LogP contribution in [0.25, 0.3) is 11.1 Å². The van der Waals surface area contributed by atoms with Crippen molar-refractivity contribution in [2.75, 3.05) is 0 Å². The van der Waals surface area contributed by atoms with E-state index in [0.717, 1.165) is 27.9 Å². The lowest BCUT2D eigenvalue weighted by atomic mass is 9.99. The average molecular weight is 330 g/mol. The van der Waals surface area contributed by atoms with Crippen molar-refractivity contribution in [2.45, 2.75) is 27.3 Å². The topological polar surface area (TPSA) is 42.0 Å². The van der Waals surface area contributed by atoms with Gasteiger partial charge in [0.05, 0.1) is 0 Å². The van der Waals surface area contributed by atoms with Gasteiger partial charge in [-0.25, -0.2) is 0 Å². The SMILES string of the molecule is Cc1ccc(-c2cc(C)cc(C(=O)NCc3ccc(C)nc3)c2)cc1. The molecular weight excluding hydrogens is 308 g/mol. The maximum absolute atomic E-state index is 12.5. The number of amides is 1. The summed E-state index contributed by atoms with van der Waals surface area (Å²) >= 11 is 0. The first-order chi connectivity index (χ1) is 12.0. The van der Waals surface area contributed by atoms with Gasteiger partial charge >= 0.3 is 0 Å². The van der Waals surface area contributed by atoms with Gasteiger partial charge in [-0.05, 0) is 61.2 Å². The van der Waals surface area contributed by atoms with Crippen molar-refractivity contribution in [3.05, 3.63) is 88.7 Å². The molecule has 0 aliphatic heterocycles. The third-order valence-corrected chi connectivity index (χ3v) is 4.15. The van der Waals surface area contributed by atoms with Crippen molar-refractivity contribution in [2.24, 2.45) is 0 Å². The molecule has 0 unspecified atom stereocenters. The van der Waals surface area contributed by atoms with Crippen LogP contribution in [0.4, 0.5) is 0 Å². The van der Waals surface area contributed by atoms with E-state index in [4.69, 9.17) is 0 Å². The summed E-state index contributed by atoms with van der Waals surface area (Å²) in [6.07, 6.45) is 1.80. The zero-order chi connectivity index (χ0) is 17.8. The number of carbonyl (C=O) groups is 1. The Morgan fingerprint density at radius 2 is 1.64 bits per heavy atom. The summed E-state index contributed by atoms with van der Waals surface area (Å²) in [5.74, 6) is -0.0716. The van der Waals surface area contributed by atoms with Crippen LogP contribution in [0.2, 0.25) is 0 Å². The number of nitrogens with zero attached hydrogens (tertiary/aromatic N) is 1. The lowest BCUT2D eigenvalue weighted by Gasteiger charge is -2.09. The van der Waals surface area contributed by atoms with Crippen LogP contribution in [0.3, 0.4) is 0 Å². The van der Waals surface area contributed by atoms with Gasteiger partial charge in [-0.1, -0.05) is 42.0 Å². The molecule has 0 radical (unpaired) electrons. The predicted molar refractivity (Wildman–Crippen MR) is 101 cm³/mol. The molecule has 1 N–H and O–H groups in total. The first kappa shape index (κ1) is 16.9. The highest BCUT2D eigenvalue weighted by Gasteiger charge is 2.09. The van der Waals surface area contributed by atoms with Crippen molar-refractivity contribution in [3.63, 3.8) is 0 Å². The van der Waals surface area contributed by atoms with E-state index in [1.807, 2.05) is 38.1 Å². The summed E-state index contributed by atoms with van der Waals surface area (Å²) in [5.41, 5.74) is 7.10. The Labute approximate surface area is 148 Å². The largest absolute Gasteiger partial charge is 0.348 e. The third-order valence-electron chi connectivity index (χ3n) is 4.15. The lowest BCUT2D eigenvalue weighted by molar-refractivity contribution is 0.0951. The Hall–Kier alpha value is -2.94. The standard InChI is InChI=1S/C22H22N2O/c1-15-4-8-19(9-5-15)20-10-16(2)11-21(12-20)22(25)24-14-18-7-6-17(3)23-13-18/h4-13H,14H2,1-3H3,(H,24,25). The summed E-state index contributed by atoms with van der Waals surface area (Å²) in [5, 5.41) is 2.97. The maximum Gasteiger partial charge on any atom is 0.251 e. The average Bonchev–Trinajstić information content (AvgIpc) is 2.61. The Bertz CT molecular complexity index is 881. The zero-order valence-electron chi connectivity index (χ0n) is 14.8. The molecule has 0 aliphatic carbocycles. The molecule has 126 valence electrons. The van der Waals surface area contributed by atoms with E-state index in [2.05, 4.69) is 47.6 Å². The Morgan fingerprint density at radius 3 is 2.32 bits per heavy atom. The number of hydrogen-bond donors (Lipinski definition) is 1. The number of aryl methyl sites for hydroxylation is 3. The van der Waals surface area contributed by atoms with Gasteiger partial charge in [0.2, 0.25) is 0 Å². The number of pyridine rings is 1. The summed E-state index contributed by atoms with van der Waals surface area (Å²) in [6.45, 7) is 6.50. The Balaban J connectivity index is 1.78. The number of aromatic nitrogens is 1. The molecule has 3 heteroatoms. The van der Waals surface area contributed by atoms with Gasteiger partial charge in [0.1, 0.15) is 0 Å². The number of hydrogen-bond acceptors (Lipinski definition) is 2. The van der Waals surface area contributed by atoms with Crippen LogP contribution in [0.1, 0.15) is 32.7 Å². The zero-order valence-corrected chi connectivity index (χ0v) is 14.8. The minimum Gasteiger partial charge on any atom is -0.348 e. The van der Waals surface area contributed by atoms with Gasteiger partial charge in [-0.3, -0.25) is 9.78 Å². The summed E-state index contributed by atoms with van der Waals surface area (Å²) in [4.78, 5) is 16.8. The highest BCUT2D eigenvalue weighted by atomic mass is 16.1. The lowest BCUT2D eigenvalue weighted by Crippen LogP contribution is -2.23. The normalized spacial score (nSPS) is 10.5. The van der Waals surface area contributed by atoms with E-state index in [1.54, 1.807) is 6.20 Å². The van der Waals surface area contributed by atoms with E-state index in [0.29, 0.717) is 12.1 Å². The predicted octanol–water partition coefficient (Wildman–Crippen LogP) is 4.60. The molecule has 0 bridgehead atoms. The molecule has 3 nitrogen and oxygen atoms in total. The van der Waals surface area contributed by atoms with Crippen molar-refractivity contribution in [3.8, 4) is 11.1 Å². The maximum atomic E-state index is 12.5. The van der Waals surface area contributed by atoms with Crippen molar-refractivity contribution in [1.82, 2.24) is 10.3 Å². The molecule has 25 heavy (non-hydrogen) atoms. The highest BCUT2D eigenvalue weighted by molar-refractivity contribution is 5.95. The number of rotatable bonds is 4. The quantitative estimate of drug-likeness (QED) is 0.759. The second kappa shape index (κ2) is 7.31. The summed E-state index contributed by atoms with van der Waals surface area (Å²) in [7, 11) is 0. The minimum absolute atomic E-state index is 0.0716. The van der Waals surface area contributed by atoms with Gasteiger partial charge in [0.25, 0.3) is 5.91 Å². The van der Waals surface area contributed by atoms with Crippen molar-refractivity contribution in [1.29, 1.82) is 0 Å². The number of benzene rings is 2. The van der Waals surface area contributed by atoms with Crippen LogP contribution < -0.4 is 5.32 Å². The monoisotopic (exact) mass is 330 g/mol. The smallest absolute Gasteiger partial charge is 0.251 e. The Kier molecular flexibility index (Phi) is 4.94. The molecule has 3 aromatic rings. The molecule has 1 heterocycles.